The van der Waals surface area contributed by atoms with E-state index in [1.54, 1.807) is 26.0 Å². The average molecular weight is 478 g/mol. The van der Waals surface area contributed by atoms with Gasteiger partial charge < -0.3 is 13.9 Å². The monoisotopic (exact) mass is 477 g/mol. The zero-order valence-electron chi connectivity index (χ0n) is 21.0. The maximum atomic E-state index is 12.8. The fourth-order valence-electron chi connectivity index (χ4n) is 7.57. The van der Waals surface area contributed by atoms with Gasteiger partial charge in [0.05, 0.1) is 24.2 Å². The molecule has 1 aromatic carbocycles. The zero-order chi connectivity index (χ0) is 25.3. The summed E-state index contributed by atoms with van der Waals surface area (Å²) < 4.78 is 17.8. The van der Waals surface area contributed by atoms with Gasteiger partial charge in [0.1, 0.15) is 11.9 Å². The molecule has 2 fully saturated rings. The first-order chi connectivity index (χ1) is 16.5. The van der Waals surface area contributed by atoms with Crippen LogP contribution in [0.15, 0.2) is 56.8 Å². The first kappa shape index (κ1) is 23.5. The minimum absolute atomic E-state index is 0.0833. The van der Waals surface area contributed by atoms with E-state index in [2.05, 4.69) is 32.9 Å². The molecule has 1 spiro atoms. The number of benzene rings is 1. The summed E-state index contributed by atoms with van der Waals surface area (Å²) in [5.41, 5.74) is 4.23. The summed E-state index contributed by atoms with van der Waals surface area (Å²) in [5.74, 6) is 1.10. The molecule has 0 unspecified atom stereocenters. The summed E-state index contributed by atoms with van der Waals surface area (Å²) >= 11 is 0. The number of allylic oxidation sites excluding steroid dienone is 4. The van der Waals surface area contributed by atoms with Crippen LogP contribution in [-0.4, -0.2) is 18.6 Å². The van der Waals surface area contributed by atoms with Crippen molar-refractivity contribution in [2.75, 3.05) is 13.7 Å². The van der Waals surface area contributed by atoms with Gasteiger partial charge in [-0.15, -0.1) is 0 Å². The molecule has 0 bridgehead atoms. The van der Waals surface area contributed by atoms with E-state index in [1.807, 2.05) is 12.1 Å². The molecule has 7 heteroatoms. The van der Waals surface area contributed by atoms with Crippen LogP contribution < -0.4 is 10.2 Å². The van der Waals surface area contributed by atoms with Gasteiger partial charge >= 0.3 is 0 Å². The van der Waals surface area contributed by atoms with Crippen molar-refractivity contribution in [3.63, 3.8) is 0 Å². The summed E-state index contributed by atoms with van der Waals surface area (Å²) in [6.07, 6.45) is 4.90. The predicted molar refractivity (Wildman–Crippen MR) is 132 cm³/mol. The van der Waals surface area contributed by atoms with Crippen LogP contribution in [0.4, 0.5) is 5.69 Å². The molecule has 5 atom stereocenters. The van der Waals surface area contributed by atoms with E-state index in [-0.39, 0.29) is 50.8 Å². The molecular weight excluding hydrogens is 446 g/mol. The molecule has 2 aromatic rings. The molecule has 0 N–H and O–H groups in total. The van der Waals surface area contributed by atoms with Crippen LogP contribution >= 0.6 is 0 Å². The van der Waals surface area contributed by atoms with Gasteiger partial charge in [-0.2, -0.15) is 0 Å². The molecule has 2 aliphatic carbocycles. The Hall–Kier alpha value is -3.19. The number of nitrogens with zero attached hydrogens (tertiary/aromatic N) is 1. The number of hydrogen-bond acceptors (Lipinski definition) is 6. The van der Waals surface area contributed by atoms with Gasteiger partial charge in [0.25, 0.3) is 11.6 Å². The Morgan fingerprint density at radius 2 is 1.77 bits per heavy atom. The lowest BCUT2D eigenvalue weighted by atomic mass is 9.35. The third kappa shape index (κ3) is 3.24. The number of hydrogen-bond donors (Lipinski definition) is 0. The van der Waals surface area contributed by atoms with Crippen molar-refractivity contribution in [2.45, 2.75) is 53.1 Å². The fourth-order valence-corrected chi connectivity index (χ4v) is 7.57. The van der Waals surface area contributed by atoms with Crippen molar-refractivity contribution in [3.8, 4) is 5.95 Å². The summed E-state index contributed by atoms with van der Waals surface area (Å²) in [6.45, 7) is 10.6. The number of fused-ring (bicyclic) bond motifs is 2. The summed E-state index contributed by atoms with van der Waals surface area (Å²) in [7, 11) is 1.49. The Morgan fingerprint density at radius 3 is 2.40 bits per heavy atom. The second kappa shape index (κ2) is 7.92. The summed E-state index contributed by atoms with van der Waals surface area (Å²) in [5, 5.41) is 11.3. The van der Waals surface area contributed by atoms with Crippen LogP contribution in [0.25, 0.3) is 0 Å². The number of ether oxygens (including phenoxy) is 2. The third-order valence-electron chi connectivity index (χ3n) is 8.44. The van der Waals surface area contributed by atoms with E-state index in [9.17, 15) is 14.9 Å². The number of methoxy groups -OCH3 is 1. The van der Waals surface area contributed by atoms with Crippen molar-refractivity contribution < 1.29 is 18.8 Å². The molecule has 7 nitrogen and oxygen atoms in total. The Kier molecular flexibility index (Phi) is 5.33. The molecule has 1 aromatic heterocycles. The highest BCUT2D eigenvalue weighted by molar-refractivity contribution is 5.48. The quantitative estimate of drug-likeness (QED) is 0.399. The number of rotatable bonds is 4. The van der Waals surface area contributed by atoms with Gasteiger partial charge in [0, 0.05) is 34.4 Å². The Labute approximate surface area is 204 Å². The largest absolute Gasteiger partial charge is 0.468 e. The van der Waals surface area contributed by atoms with Crippen molar-refractivity contribution in [2.24, 2.45) is 16.7 Å². The van der Waals surface area contributed by atoms with E-state index in [4.69, 9.17) is 13.9 Å². The van der Waals surface area contributed by atoms with Crippen LogP contribution in [0.3, 0.4) is 0 Å². The Morgan fingerprint density at radius 1 is 1.09 bits per heavy atom. The van der Waals surface area contributed by atoms with Gasteiger partial charge in [0.15, 0.2) is 5.43 Å². The minimum atomic E-state index is -0.373. The molecule has 184 valence electrons. The van der Waals surface area contributed by atoms with Crippen LogP contribution in [0.5, 0.6) is 5.95 Å². The van der Waals surface area contributed by atoms with Crippen molar-refractivity contribution in [1.29, 1.82) is 0 Å². The molecular formula is C28H31NO6. The molecule has 35 heavy (non-hydrogen) atoms. The highest BCUT2D eigenvalue weighted by Crippen LogP contribution is 2.76. The lowest BCUT2D eigenvalue weighted by molar-refractivity contribution is -0.384. The van der Waals surface area contributed by atoms with E-state index < -0.39 is 0 Å². The lowest BCUT2D eigenvalue weighted by Crippen LogP contribution is -2.62. The highest BCUT2D eigenvalue weighted by Gasteiger charge is 2.71. The van der Waals surface area contributed by atoms with Crippen LogP contribution in [0, 0.1) is 40.7 Å². The van der Waals surface area contributed by atoms with Crippen molar-refractivity contribution in [1.82, 2.24) is 0 Å². The first-order valence-electron chi connectivity index (χ1n) is 12.0. The molecule has 5 rings (SSSR count). The molecule has 1 saturated carbocycles. The number of nitro groups is 1. The zero-order valence-corrected chi connectivity index (χ0v) is 21.0. The summed E-state index contributed by atoms with van der Waals surface area (Å²) in [6, 6.07) is 6.94. The fraction of sp³-hybridized carbons (Fsp3) is 0.464. The molecule has 1 saturated heterocycles. The van der Waals surface area contributed by atoms with Crippen molar-refractivity contribution in [3.05, 3.63) is 90.4 Å². The summed E-state index contributed by atoms with van der Waals surface area (Å²) in [4.78, 5) is 23.7. The van der Waals surface area contributed by atoms with Crippen LogP contribution in [0.2, 0.25) is 0 Å². The normalized spacial score (nSPS) is 31.4. The maximum absolute atomic E-state index is 12.8. The molecule has 0 amide bonds. The predicted octanol–water partition coefficient (Wildman–Crippen LogP) is 5.95. The van der Waals surface area contributed by atoms with Crippen LogP contribution in [-0.2, 0) is 4.74 Å². The molecule has 1 aliphatic heterocycles. The first-order valence-corrected chi connectivity index (χ1v) is 12.0. The van der Waals surface area contributed by atoms with Gasteiger partial charge in [-0.3, -0.25) is 14.9 Å². The number of non-ortho nitro benzene ring substituents is 1. The number of nitro benzene ring substituents is 1. The van der Waals surface area contributed by atoms with Gasteiger partial charge in [0.2, 0.25) is 0 Å². The Bertz CT molecular complexity index is 1340. The minimum Gasteiger partial charge on any atom is -0.468 e. The van der Waals surface area contributed by atoms with E-state index >= 15 is 0 Å². The van der Waals surface area contributed by atoms with Gasteiger partial charge in [-0.05, 0) is 45.6 Å². The molecule has 0 radical (unpaired) electrons. The maximum Gasteiger partial charge on any atom is 0.291 e. The second-order valence-electron chi connectivity index (χ2n) is 10.6. The standard InChI is InChI=1S/C28H31NO6/c1-15-11-16(2)24-27(5,12-15)25(19-7-9-20(10-8-19)29(31)32)28(24)13-21(34-14-28)23-17(3)22(30)18(4)26(33-6)35-23/h7-12,21,24-25H,13-14H2,1-6H3/t21-,24-,25-,27+,28-/m1/s1. The Balaban J connectivity index is 1.60. The average Bonchev–Trinajstić information content (AvgIpc) is 3.23. The van der Waals surface area contributed by atoms with Crippen molar-refractivity contribution >= 4 is 5.69 Å². The van der Waals surface area contributed by atoms with E-state index in [1.165, 1.54) is 18.3 Å². The smallest absolute Gasteiger partial charge is 0.291 e. The topological polar surface area (TPSA) is 91.8 Å². The second-order valence-corrected chi connectivity index (χ2v) is 10.6. The van der Waals surface area contributed by atoms with Gasteiger partial charge in [-0.25, -0.2) is 0 Å². The molecule has 2 heterocycles. The molecule has 3 aliphatic rings. The van der Waals surface area contributed by atoms with E-state index in [0.29, 0.717) is 29.9 Å². The highest BCUT2D eigenvalue weighted by atomic mass is 16.6. The van der Waals surface area contributed by atoms with Crippen LogP contribution in [0.1, 0.15) is 61.7 Å². The van der Waals surface area contributed by atoms with E-state index in [0.717, 1.165) is 5.56 Å². The third-order valence-corrected chi connectivity index (χ3v) is 8.44. The lowest BCUT2D eigenvalue weighted by Gasteiger charge is -2.67. The SMILES string of the molecule is COc1oc([C@H]2C[C@@]3(CO2)[C@@H]2C(C)=CC(C)=C[C@]2(C)[C@H]3c2ccc([N+](=O)[O-])cc2)c(C)c(=O)c1C. The van der Waals surface area contributed by atoms with Gasteiger partial charge in [-0.1, -0.05) is 42.4 Å².